The molecule has 2 amide bonds. The average molecular weight is 366 g/mol. The van der Waals surface area contributed by atoms with Crippen LogP contribution in [0.4, 0.5) is 0 Å². The average Bonchev–Trinajstić information content (AvgIpc) is 3.29. The largest absolute Gasteiger partial charge is 0.454 e. The third-order valence-electron chi connectivity index (χ3n) is 4.98. The number of fused-ring (bicyclic) bond motifs is 1. The van der Waals surface area contributed by atoms with Gasteiger partial charge in [0.05, 0.1) is 0 Å². The molecule has 2 heterocycles. The first-order chi connectivity index (χ1) is 13.2. The molecule has 0 bridgehead atoms. The Morgan fingerprint density at radius 1 is 1.07 bits per heavy atom. The van der Waals surface area contributed by atoms with Crippen molar-refractivity contribution in [2.24, 2.45) is 0 Å². The minimum Gasteiger partial charge on any atom is -0.454 e. The highest BCUT2D eigenvalue weighted by Gasteiger charge is 2.35. The van der Waals surface area contributed by atoms with E-state index in [9.17, 15) is 9.59 Å². The highest BCUT2D eigenvalue weighted by atomic mass is 16.7. The van der Waals surface area contributed by atoms with Crippen molar-refractivity contribution in [3.8, 4) is 11.5 Å². The summed E-state index contributed by atoms with van der Waals surface area (Å²) in [5.74, 6) is 1.32. The van der Waals surface area contributed by atoms with Crippen LogP contribution < -0.4 is 14.8 Å². The van der Waals surface area contributed by atoms with Gasteiger partial charge in [0.15, 0.2) is 11.5 Å². The van der Waals surface area contributed by atoms with Gasteiger partial charge in [0.25, 0.3) is 0 Å². The summed E-state index contributed by atoms with van der Waals surface area (Å²) in [5, 5.41) is 2.97. The summed E-state index contributed by atoms with van der Waals surface area (Å²) in [5.41, 5.74) is 2.11. The van der Waals surface area contributed by atoms with E-state index in [1.54, 1.807) is 4.90 Å². The number of nitrogens with one attached hydrogen (secondary N) is 1. The molecule has 0 spiro atoms. The zero-order chi connectivity index (χ0) is 18.6. The molecule has 1 N–H and O–H groups in total. The molecule has 27 heavy (non-hydrogen) atoms. The van der Waals surface area contributed by atoms with E-state index in [0.717, 1.165) is 12.0 Å². The van der Waals surface area contributed by atoms with Crippen LogP contribution in [0.15, 0.2) is 48.5 Å². The predicted molar refractivity (Wildman–Crippen MR) is 99.3 cm³/mol. The number of ether oxygens (including phenoxy) is 2. The van der Waals surface area contributed by atoms with Gasteiger partial charge in [-0.05, 0) is 36.1 Å². The molecule has 0 aromatic heterocycles. The summed E-state index contributed by atoms with van der Waals surface area (Å²) in [4.78, 5) is 26.6. The number of hydrogen-bond acceptors (Lipinski definition) is 4. The minimum absolute atomic E-state index is 0.0101. The van der Waals surface area contributed by atoms with E-state index in [1.807, 2.05) is 48.5 Å². The third kappa shape index (κ3) is 3.89. The Kier molecular flexibility index (Phi) is 4.96. The van der Waals surface area contributed by atoms with Gasteiger partial charge in [-0.1, -0.05) is 36.4 Å². The van der Waals surface area contributed by atoms with Crippen molar-refractivity contribution in [3.05, 3.63) is 59.7 Å². The molecule has 0 radical (unpaired) electrons. The van der Waals surface area contributed by atoms with Crippen LogP contribution in [-0.2, 0) is 22.6 Å². The lowest BCUT2D eigenvalue weighted by Crippen LogP contribution is -2.44. The van der Waals surface area contributed by atoms with E-state index in [2.05, 4.69) is 5.32 Å². The second kappa shape index (κ2) is 7.70. The first-order valence-corrected chi connectivity index (χ1v) is 9.20. The molecule has 0 saturated carbocycles. The normalized spacial score (nSPS) is 18.0. The fourth-order valence-corrected chi connectivity index (χ4v) is 3.53. The van der Waals surface area contributed by atoms with Crippen molar-refractivity contribution in [1.29, 1.82) is 0 Å². The Balaban J connectivity index is 1.36. The molecule has 1 atom stereocenters. The van der Waals surface area contributed by atoms with E-state index in [-0.39, 0.29) is 18.6 Å². The number of carbonyl (C=O) groups is 2. The first-order valence-electron chi connectivity index (χ1n) is 9.20. The maximum atomic E-state index is 12.6. The number of carbonyl (C=O) groups excluding carboxylic acids is 2. The first kappa shape index (κ1) is 17.4. The molecule has 1 fully saturated rings. The zero-order valence-electron chi connectivity index (χ0n) is 15.0. The van der Waals surface area contributed by atoms with Crippen LogP contribution in [0, 0.1) is 0 Å². The lowest BCUT2D eigenvalue weighted by molar-refractivity contribution is -0.135. The molecule has 1 saturated heterocycles. The van der Waals surface area contributed by atoms with E-state index in [4.69, 9.17) is 9.47 Å². The Morgan fingerprint density at radius 3 is 2.74 bits per heavy atom. The molecule has 0 unspecified atom stereocenters. The lowest BCUT2D eigenvalue weighted by Gasteiger charge is -2.24. The van der Waals surface area contributed by atoms with Gasteiger partial charge in [0, 0.05) is 19.5 Å². The summed E-state index contributed by atoms with van der Waals surface area (Å²) in [6.07, 6.45) is 1.73. The highest BCUT2D eigenvalue weighted by molar-refractivity contribution is 5.90. The van der Waals surface area contributed by atoms with Crippen molar-refractivity contribution < 1.29 is 19.1 Å². The standard InChI is InChI=1S/C21H22N2O4/c24-20-9-7-17(21(25)22-11-10-15-4-2-1-3-5-15)23(20)13-16-6-8-18-19(12-16)27-14-26-18/h1-6,8,12,17H,7,9-11,13-14H2,(H,22,25)/t17-/m1/s1. The van der Waals surface area contributed by atoms with Gasteiger partial charge in [-0.3, -0.25) is 9.59 Å². The van der Waals surface area contributed by atoms with Crippen LogP contribution in [-0.4, -0.2) is 36.1 Å². The monoisotopic (exact) mass is 366 g/mol. The molecule has 6 nitrogen and oxygen atoms in total. The van der Waals surface area contributed by atoms with E-state index in [0.29, 0.717) is 37.4 Å². The van der Waals surface area contributed by atoms with Crippen LogP contribution in [0.1, 0.15) is 24.0 Å². The van der Waals surface area contributed by atoms with Gasteiger partial charge in [-0.25, -0.2) is 0 Å². The second-order valence-electron chi connectivity index (χ2n) is 6.79. The smallest absolute Gasteiger partial charge is 0.242 e. The van der Waals surface area contributed by atoms with Crippen molar-refractivity contribution in [1.82, 2.24) is 10.2 Å². The van der Waals surface area contributed by atoms with E-state index < -0.39 is 6.04 Å². The number of benzene rings is 2. The van der Waals surface area contributed by atoms with Gasteiger partial charge in [-0.15, -0.1) is 0 Å². The summed E-state index contributed by atoms with van der Waals surface area (Å²) in [6.45, 7) is 1.17. The van der Waals surface area contributed by atoms with E-state index in [1.165, 1.54) is 5.56 Å². The van der Waals surface area contributed by atoms with Gasteiger partial charge < -0.3 is 19.7 Å². The Bertz CT molecular complexity index is 837. The van der Waals surface area contributed by atoms with Crippen molar-refractivity contribution in [2.75, 3.05) is 13.3 Å². The summed E-state index contributed by atoms with van der Waals surface area (Å²) in [7, 11) is 0. The molecule has 4 rings (SSSR count). The molecule has 2 aliphatic rings. The van der Waals surface area contributed by atoms with Crippen LogP contribution in [0.5, 0.6) is 11.5 Å². The zero-order valence-corrected chi connectivity index (χ0v) is 15.0. The molecular formula is C21H22N2O4. The second-order valence-corrected chi connectivity index (χ2v) is 6.79. The van der Waals surface area contributed by atoms with Crippen molar-refractivity contribution in [2.45, 2.75) is 31.8 Å². The van der Waals surface area contributed by atoms with Crippen LogP contribution in [0.3, 0.4) is 0 Å². The lowest BCUT2D eigenvalue weighted by atomic mass is 10.1. The fraction of sp³-hybridized carbons (Fsp3) is 0.333. The Labute approximate surface area is 158 Å². The van der Waals surface area contributed by atoms with Crippen LogP contribution in [0.25, 0.3) is 0 Å². The number of nitrogens with zero attached hydrogens (tertiary/aromatic N) is 1. The van der Waals surface area contributed by atoms with Gasteiger partial charge in [0.2, 0.25) is 18.6 Å². The number of rotatable bonds is 6. The molecule has 0 aliphatic carbocycles. The van der Waals surface area contributed by atoms with Crippen LogP contribution in [0.2, 0.25) is 0 Å². The molecule has 140 valence electrons. The molecule has 2 aromatic rings. The van der Waals surface area contributed by atoms with Crippen LogP contribution >= 0.6 is 0 Å². The number of likely N-dealkylation sites (tertiary alicyclic amines) is 1. The topological polar surface area (TPSA) is 67.9 Å². The Hall–Kier alpha value is -3.02. The number of hydrogen-bond donors (Lipinski definition) is 1. The third-order valence-corrected chi connectivity index (χ3v) is 4.98. The van der Waals surface area contributed by atoms with Crippen molar-refractivity contribution >= 4 is 11.8 Å². The SMILES string of the molecule is O=C(NCCc1ccccc1)[C@H]1CCC(=O)N1Cc1ccc2c(c1)OCO2. The quantitative estimate of drug-likeness (QED) is 0.852. The van der Waals surface area contributed by atoms with Gasteiger partial charge >= 0.3 is 0 Å². The maximum Gasteiger partial charge on any atom is 0.242 e. The Morgan fingerprint density at radius 2 is 1.89 bits per heavy atom. The molecule has 2 aromatic carbocycles. The molecular weight excluding hydrogens is 344 g/mol. The summed E-state index contributed by atoms with van der Waals surface area (Å²) < 4.78 is 10.7. The van der Waals surface area contributed by atoms with E-state index >= 15 is 0 Å². The summed E-state index contributed by atoms with van der Waals surface area (Å²) >= 11 is 0. The minimum atomic E-state index is -0.418. The predicted octanol–water partition coefficient (Wildman–Crippen LogP) is 2.27. The number of amides is 2. The molecule has 2 aliphatic heterocycles. The maximum absolute atomic E-state index is 12.6. The fourth-order valence-electron chi connectivity index (χ4n) is 3.53. The van der Waals surface area contributed by atoms with Gasteiger partial charge in [0.1, 0.15) is 6.04 Å². The van der Waals surface area contributed by atoms with Gasteiger partial charge in [-0.2, -0.15) is 0 Å². The molecule has 6 heteroatoms. The van der Waals surface area contributed by atoms with Crippen molar-refractivity contribution in [3.63, 3.8) is 0 Å². The summed E-state index contributed by atoms with van der Waals surface area (Å²) in [6, 6.07) is 15.2. The highest BCUT2D eigenvalue weighted by Crippen LogP contribution is 2.33.